The monoisotopic (exact) mass is 155 g/mol. The highest BCUT2D eigenvalue weighted by Gasteiger charge is 2.08. The first-order chi connectivity index (χ1) is 5.26. The van der Waals surface area contributed by atoms with Gasteiger partial charge in [0, 0.05) is 6.54 Å². The van der Waals surface area contributed by atoms with Gasteiger partial charge in [-0.1, -0.05) is 5.16 Å². The van der Waals surface area contributed by atoms with E-state index in [-0.39, 0.29) is 5.71 Å². The maximum atomic E-state index is 10.8. The molecule has 0 spiro atoms. The van der Waals surface area contributed by atoms with E-state index < -0.39 is 5.91 Å². The van der Waals surface area contributed by atoms with Crippen LogP contribution in [0.1, 0.15) is 6.92 Å². The van der Waals surface area contributed by atoms with Crippen molar-refractivity contribution >= 4 is 11.6 Å². The molecule has 0 rings (SSSR count). The third-order valence-electron chi connectivity index (χ3n) is 0.841. The average molecular weight is 155 g/mol. The molecule has 0 saturated carbocycles. The normalized spacial score (nSPS) is 10.1. The van der Waals surface area contributed by atoms with Gasteiger partial charge in [0.1, 0.15) is 13.2 Å². The Balaban J connectivity index is 4.18. The zero-order chi connectivity index (χ0) is 8.69. The van der Waals surface area contributed by atoms with Gasteiger partial charge in [-0.3, -0.25) is 4.79 Å². The summed E-state index contributed by atoms with van der Waals surface area (Å²) in [4.78, 5) is 15.1. The summed E-state index contributed by atoms with van der Waals surface area (Å²) in [6.07, 6.45) is 0. The molecule has 0 fully saturated rings. The summed E-state index contributed by atoms with van der Waals surface area (Å²) in [6.45, 7) is 2.21. The van der Waals surface area contributed by atoms with Crippen LogP contribution in [-0.2, 0) is 9.63 Å². The highest BCUT2D eigenvalue weighted by atomic mass is 16.6. The van der Waals surface area contributed by atoms with E-state index in [0.717, 1.165) is 0 Å². The van der Waals surface area contributed by atoms with Gasteiger partial charge in [0.25, 0.3) is 5.91 Å². The summed E-state index contributed by atoms with van der Waals surface area (Å²) >= 11 is 0. The molecular weight excluding hydrogens is 146 g/mol. The van der Waals surface area contributed by atoms with Crippen molar-refractivity contribution in [1.29, 1.82) is 5.26 Å². The predicted molar refractivity (Wildman–Crippen MR) is 38.7 cm³/mol. The largest absolute Gasteiger partial charge is 0.398 e. The second kappa shape index (κ2) is 5.23. The summed E-state index contributed by atoms with van der Waals surface area (Å²) in [5, 5.41) is 13.9. The van der Waals surface area contributed by atoms with Crippen molar-refractivity contribution in [2.45, 2.75) is 6.92 Å². The second-order valence-electron chi connectivity index (χ2n) is 1.59. The lowest BCUT2D eigenvalue weighted by Crippen LogP contribution is -2.29. The van der Waals surface area contributed by atoms with Gasteiger partial charge < -0.3 is 10.2 Å². The standard InChI is InChI=1S/C6H9N3O2/c1-3-8-6(10)5(4-7)9-11-2/h3H2,1-2H3,(H,8,10)/b9-5+. The van der Waals surface area contributed by atoms with E-state index in [2.05, 4.69) is 15.3 Å². The van der Waals surface area contributed by atoms with E-state index in [1.807, 2.05) is 0 Å². The van der Waals surface area contributed by atoms with E-state index in [0.29, 0.717) is 6.54 Å². The number of carbonyl (C=O) groups is 1. The van der Waals surface area contributed by atoms with Crippen LogP contribution < -0.4 is 5.32 Å². The molecule has 0 unspecified atom stereocenters. The number of hydrogen-bond acceptors (Lipinski definition) is 4. The SMILES string of the molecule is CCNC(=O)/C(C#N)=N/OC. The van der Waals surface area contributed by atoms with Crippen LogP contribution in [0.2, 0.25) is 0 Å². The maximum absolute atomic E-state index is 10.8. The van der Waals surface area contributed by atoms with Crippen LogP contribution in [0.15, 0.2) is 5.16 Å². The molecule has 1 amide bonds. The first kappa shape index (κ1) is 9.43. The zero-order valence-electron chi connectivity index (χ0n) is 6.42. The number of oxime groups is 1. The van der Waals surface area contributed by atoms with Gasteiger partial charge in [-0.05, 0) is 6.92 Å². The van der Waals surface area contributed by atoms with Crippen LogP contribution in [0.25, 0.3) is 0 Å². The third kappa shape index (κ3) is 3.20. The van der Waals surface area contributed by atoms with Gasteiger partial charge in [-0.15, -0.1) is 0 Å². The Morgan fingerprint density at radius 1 is 1.82 bits per heavy atom. The molecule has 5 heteroatoms. The molecule has 0 aromatic heterocycles. The smallest absolute Gasteiger partial charge is 0.284 e. The van der Waals surface area contributed by atoms with Crippen molar-refractivity contribution in [1.82, 2.24) is 5.32 Å². The Labute approximate surface area is 64.6 Å². The van der Waals surface area contributed by atoms with E-state index in [1.54, 1.807) is 13.0 Å². The first-order valence-electron chi connectivity index (χ1n) is 3.05. The van der Waals surface area contributed by atoms with Crippen LogP contribution in [0, 0.1) is 11.3 Å². The van der Waals surface area contributed by atoms with Crippen LogP contribution >= 0.6 is 0 Å². The summed E-state index contributed by atoms with van der Waals surface area (Å²) in [5.41, 5.74) is -0.269. The van der Waals surface area contributed by atoms with E-state index >= 15 is 0 Å². The van der Waals surface area contributed by atoms with Crippen LogP contribution in [0.4, 0.5) is 0 Å². The fraction of sp³-hybridized carbons (Fsp3) is 0.500. The number of hydrogen-bond donors (Lipinski definition) is 1. The Hall–Kier alpha value is -1.57. The second-order valence-corrected chi connectivity index (χ2v) is 1.59. The summed E-state index contributed by atoms with van der Waals surface area (Å²) in [5.74, 6) is -0.517. The lowest BCUT2D eigenvalue weighted by molar-refractivity contribution is -0.114. The van der Waals surface area contributed by atoms with E-state index in [9.17, 15) is 4.79 Å². The van der Waals surface area contributed by atoms with Crippen LogP contribution in [-0.4, -0.2) is 25.3 Å². The minimum absolute atomic E-state index is 0.269. The fourth-order valence-electron chi connectivity index (χ4n) is 0.448. The van der Waals surface area contributed by atoms with Gasteiger partial charge in [0.2, 0.25) is 5.71 Å². The van der Waals surface area contributed by atoms with Gasteiger partial charge >= 0.3 is 0 Å². The van der Waals surface area contributed by atoms with Crippen molar-refractivity contribution in [3.8, 4) is 6.07 Å². The minimum Gasteiger partial charge on any atom is -0.398 e. The molecule has 60 valence electrons. The molecule has 5 nitrogen and oxygen atoms in total. The Kier molecular flexibility index (Phi) is 4.49. The van der Waals surface area contributed by atoms with E-state index in [4.69, 9.17) is 5.26 Å². The highest BCUT2D eigenvalue weighted by Crippen LogP contribution is 1.78. The molecule has 0 radical (unpaired) electrons. The predicted octanol–water partition coefficient (Wildman–Crippen LogP) is -0.352. The number of amides is 1. The summed E-state index contributed by atoms with van der Waals surface area (Å²) in [6, 6.07) is 1.60. The number of nitrogens with one attached hydrogen (secondary N) is 1. The topological polar surface area (TPSA) is 74.5 Å². The van der Waals surface area contributed by atoms with Crippen molar-refractivity contribution in [2.24, 2.45) is 5.16 Å². The quantitative estimate of drug-likeness (QED) is 0.447. The molecule has 0 aliphatic heterocycles. The highest BCUT2D eigenvalue weighted by molar-refractivity contribution is 6.44. The lowest BCUT2D eigenvalue weighted by atomic mass is 10.4. The summed E-state index contributed by atoms with van der Waals surface area (Å²) < 4.78 is 0. The number of nitrogens with zero attached hydrogens (tertiary/aromatic N) is 2. The molecule has 0 aliphatic carbocycles. The molecule has 0 saturated heterocycles. The van der Waals surface area contributed by atoms with Crippen LogP contribution in [0.5, 0.6) is 0 Å². The molecule has 11 heavy (non-hydrogen) atoms. The zero-order valence-corrected chi connectivity index (χ0v) is 6.42. The summed E-state index contributed by atoms with van der Waals surface area (Å²) in [7, 11) is 1.27. The van der Waals surface area contributed by atoms with Gasteiger partial charge in [-0.2, -0.15) is 5.26 Å². The van der Waals surface area contributed by atoms with Crippen molar-refractivity contribution in [2.75, 3.05) is 13.7 Å². The first-order valence-corrected chi connectivity index (χ1v) is 3.05. The van der Waals surface area contributed by atoms with Gasteiger partial charge in [-0.25, -0.2) is 0 Å². The molecular formula is C6H9N3O2. The maximum Gasteiger partial charge on any atom is 0.284 e. The molecule has 0 aromatic rings. The van der Waals surface area contributed by atoms with Gasteiger partial charge in [0.15, 0.2) is 0 Å². The Bertz CT molecular complexity index is 204. The van der Waals surface area contributed by atoms with Crippen molar-refractivity contribution in [3.63, 3.8) is 0 Å². The molecule has 1 N–H and O–H groups in total. The fourth-order valence-corrected chi connectivity index (χ4v) is 0.448. The van der Waals surface area contributed by atoms with Crippen molar-refractivity contribution in [3.05, 3.63) is 0 Å². The lowest BCUT2D eigenvalue weighted by Gasteiger charge is -1.96. The molecule has 0 aliphatic rings. The Morgan fingerprint density at radius 3 is 2.82 bits per heavy atom. The molecule has 0 bridgehead atoms. The number of carbonyl (C=O) groups excluding carboxylic acids is 1. The molecule has 0 heterocycles. The van der Waals surface area contributed by atoms with Crippen LogP contribution in [0.3, 0.4) is 0 Å². The minimum atomic E-state index is -0.517. The van der Waals surface area contributed by atoms with E-state index in [1.165, 1.54) is 7.11 Å². The third-order valence-corrected chi connectivity index (χ3v) is 0.841. The number of rotatable bonds is 3. The van der Waals surface area contributed by atoms with Crippen molar-refractivity contribution < 1.29 is 9.63 Å². The molecule has 0 aromatic carbocycles. The molecule has 0 atom stereocenters. The van der Waals surface area contributed by atoms with Gasteiger partial charge in [0.05, 0.1) is 0 Å². The average Bonchev–Trinajstić information content (AvgIpc) is 2.00. The number of nitriles is 1. The Morgan fingerprint density at radius 2 is 2.45 bits per heavy atom.